The van der Waals surface area contributed by atoms with E-state index in [1.165, 1.54) is 0 Å². The molecule has 0 aromatic heterocycles. The van der Waals surface area contributed by atoms with Crippen LogP contribution in [0.2, 0.25) is 0 Å². The van der Waals surface area contributed by atoms with Crippen molar-refractivity contribution in [3.05, 3.63) is 24.3 Å². The van der Waals surface area contributed by atoms with E-state index in [1.807, 2.05) is 12.1 Å². The standard InChI is InChI=1S/C14H23N3O3S/c1-12(2)11-16-7-9-17(10-8-16)13-3-5-14(6-4-13)20-21(15,18)19/h3-6,12H,7-11H2,1-2H3,(H2,15,18,19). The Kier molecular flexibility index (Phi) is 5.08. The van der Waals surface area contributed by atoms with E-state index < -0.39 is 10.3 Å². The summed E-state index contributed by atoms with van der Waals surface area (Å²) in [6.45, 7) is 9.65. The highest BCUT2D eigenvalue weighted by Crippen LogP contribution is 2.21. The second-order valence-corrected chi connectivity index (χ2v) is 6.90. The molecule has 0 bridgehead atoms. The molecule has 1 aliphatic heterocycles. The molecule has 0 saturated carbocycles. The van der Waals surface area contributed by atoms with Gasteiger partial charge in [-0.05, 0) is 30.2 Å². The summed E-state index contributed by atoms with van der Waals surface area (Å²) in [5, 5.41) is 4.84. The Balaban J connectivity index is 1.92. The predicted molar refractivity (Wildman–Crippen MR) is 83.7 cm³/mol. The number of nitrogens with zero attached hydrogens (tertiary/aromatic N) is 2. The van der Waals surface area contributed by atoms with Gasteiger partial charge >= 0.3 is 10.3 Å². The molecule has 0 unspecified atom stereocenters. The van der Waals surface area contributed by atoms with E-state index in [0.29, 0.717) is 5.92 Å². The van der Waals surface area contributed by atoms with Crippen molar-refractivity contribution in [2.45, 2.75) is 13.8 Å². The maximum absolute atomic E-state index is 10.9. The lowest BCUT2D eigenvalue weighted by Crippen LogP contribution is -2.47. The van der Waals surface area contributed by atoms with Crippen LogP contribution < -0.4 is 14.2 Å². The summed E-state index contributed by atoms with van der Waals surface area (Å²) in [5.74, 6) is 0.922. The summed E-state index contributed by atoms with van der Waals surface area (Å²) in [5.41, 5.74) is 1.07. The third-order valence-electron chi connectivity index (χ3n) is 3.41. The zero-order chi connectivity index (χ0) is 15.5. The number of piperazine rings is 1. The van der Waals surface area contributed by atoms with E-state index in [0.717, 1.165) is 38.4 Å². The Hall–Kier alpha value is -1.31. The lowest BCUT2D eigenvalue weighted by atomic mass is 10.2. The molecule has 0 spiro atoms. The monoisotopic (exact) mass is 313 g/mol. The van der Waals surface area contributed by atoms with Crippen molar-refractivity contribution >= 4 is 16.0 Å². The molecule has 0 radical (unpaired) electrons. The Morgan fingerprint density at radius 2 is 1.71 bits per heavy atom. The molecule has 1 aromatic rings. The van der Waals surface area contributed by atoms with Crippen LogP contribution in [0, 0.1) is 5.92 Å². The maximum atomic E-state index is 10.9. The average molecular weight is 313 g/mol. The van der Waals surface area contributed by atoms with Gasteiger partial charge in [0.1, 0.15) is 5.75 Å². The molecule has 0 aliphatic carbocycles. The molecule has 7 heteroatoms. The highest BCUT2D eigenvalue weighted by molar-refractivity contribution is 7.84. The van der Waals surface area contributed by atoms with Crippen molar-refractivity contribution in [2.75, 3.05) is 37.6 Å². The summed E-state index contributed by atoms with van der Waals surface area (Å²) in [4.78, 5) is 4.76. The Labute approximate surface area is 126 Å². The molecule has 1 saturated heterocycles. The fourth-order valence-electron chi connectivity index (χ4n) is 2.55. The SMILES string of the molecule is CC(C)CN1CCN(c2ccc(OS(N)(=O)=O)cc2)CC1. The van der Waals surface area contributed by atoms with Gasteiger partial charge in [-0.2, -0.15) is 13.6 Å². The van der Waals surface area contributed by atoms with Crippen LogP contribution in [-0.4, -0.2) is 46.0 Å². The van der Waals surface area contributed by atoms with Gasteiger partial charge in [-0.1, -0.05) is 13.8 Å². The Morgan fingerprint density at radius 1 is 1.14 bits per heavy atom. The molecular formula is C14H23N3O3S. The van der Waals surface area contributed by atoms with Gasteiger partial charge in [-0.15, -0.1) is 0 Å². The van der Waals surface area contributed by atoms with Crippen LogP contribution >= 0.6 is 0 Å². The second-order valence-electron chi connectivity index (χ2n) is 5.75. The molecule has 21 heavy (non-hydrogen) atoms. The van der Waals surface area contributed by atoms with Gasteiger partial charge in [0.15, 0.2) is 0 Å². The zero-order valence-electron chi connectivity index (χ0n) is 12.5. The highest BCUT2D eigenvalue weighted by atomic mass is 32.2. The Morgan fingerprint density at radius 3 is 2.19 bits per heavy atom. The minimum Gasteiger partial charge on any atom is -0.371 e. The van der Waals surface area contributed by atoms with E-state index in [-0.39, 0.29) is 5.75 Å². The number of hydrogen-bond donors (Lipinski definition) is 1. The average Bonchev–Trinajstić information content (AvgIpc) is 2.38. The van der Waals surface area contributed by atoms with Gasteiger partial charge in [0.2, 0.25) is 0 Å². The minimum absolute atomic E-state index is 0.236. The lowest BCUT2D eigenvalue weighted by molar-refractivity contribution is 0.231. The Bertz CT molecular complexity index is 549. The van der Waals surface area contributed by atoms with Gasteiger partial charge in [0, 0.05) is 38.4 Å². The lowest BCUT2D eigenvalue weighted by Gasteiger charge is -2.36. The summed E-state index contributed by atoms with van der Waals surface area (Å²) in [6.07, 6.45) is 0. The molecule has 2 N–H and O–H groups in total. The van der Waals surface area contributed by atoms with E-state index in [2.05, 4.69) is 27.8 Å². The van der Waals surface area contributed by atoms with Crippen LogP contribution in [0.1, 0.15) is 13.8 Å². The summed E-state index contributed by atoms with van der Waals surface area (Å²) in [6, 6.07) is 6.97. The third kappa shape index (κ3) is 5.18. The molecule has 1 heterocycles. The van der Waals surface area contributed by atoms with E-state index >= 15 is 0 Å². The largest absolute Gasteiger partial charge is 0.380 e. The van der Waals surface area contributed by atoms with Crippen LogP contribution in [0.5, 0.6) is 5.75 Å². The van der Waals surface area contributed by atoms with Crippen molar-refractivity contribution in [1.82, 2.24) is 4.90 Å². The number of hydrogen-bond acceptors (Lipinski definition) is 5. The first kappa shape index (κ1) is 16.1. The van der Waals surface area contributed by atoms with Gasteiger partial charge in [-0.25, -0.2) is 0 Å². The van der Waals surface area contributed by atoms with Gasteiger partial charge in [0.25, 0.3) is 0 Å². The first-order chi connectivity index (χ1) is 9.83. The van der Waals surface area contributed by atoms with Gasteiger partial charge < -0.3 is 9.08 Å². The van der Waals surface area contributed by atoms with Crippen molar-refractivity contribution < 1.29 is 12.6 Å². The van der Waals surface area contributed by atoms with E-state index in [9.17, 15) is 8.42 Å². The number of anilines is 1. The first-order valence-electron chi connectivity index (χ1n) is 7.13. The summed E-state index contributed by atoms with van der Waals surface area (Å²) in [7, 11) is -3.95. The van der Waals surface area contributed by atoms with Crippen molar-refractivity contribution in [1.29, 1.82) is 0 Å². The molecular weight excluding hydrogens is 290 g/mol. The first-order valence-corrected chi connectivity index (χ1v) is 8.60. The molecule has 0 atom stereocenters. The molecule has 1 aliphatic rings. The second kappa shape index (κ2) is 6.64. The minimum atomic E-state index is -3.95. The predicted octanol–water partition coefficient (Wildman–Crippen LogP) is 1.05. The normalized spacial score (nSPS) is 17.2. The molecule has 0 amide bonds. The van der Waals surface area contributed by atoms with Crippen molar-refractivity contribution in [2.24, 2.45) is 11.1 Å². The van der Waals surface area contributed by atoms with Crippen LogP contribution in [0.3, 0.4) is 0 Å². The van der Waals surface area contributed by atoms with Gasteiger partial charge in [-0.3, -0.25) is 4.90 Å². The van der Waals surface area contributed by atoms with Crippen LogP contribution in [0.4, 0.5) is 5.69 Å². The fraction of sp³-hybridized carbons (Fsp3) is 0.571. The molecule has 1 aromatic carbocycles. The summed E-state index contributed by atoms with van der Waals surface area (Å²) < 4.78 is 26.3. The van der Waals surface area contributed by atoms with Gasteiger partial charge in [0.05, 0.1) is 0 Å². The number of rotatable bonds is 5. The molecule has 6 nitrogen and oxygen atoms in total. The highest BCUT2D eigenvalue weighted by Gasteiger charge is 2.17. The molecule has 2 rings (SSSR count). The van der Waals surface area contributed by atoms with E-state index in [4.69, 9.17) is 5.14 Å². The fourth-order valence-corrected chi connectivity index (χ4v) is 2.93. The topological polar surface area (TPSA) is 75.9 Å². The summed E-state index contributed by atoms with van der Waals surface area (Å²) >= 11 is 0. The molecule has 1 fully saturated rings. The number of nitrogens with two attached hydrogens (primary N) is 1. The van der Waals surface area contributed by atoms with Crippen molar-refractivity contribution in [3.63, 3.8) is 0 Å². The number of benzene rings is 1. The smallest absolute Gasteiger partial charge is 0.371 e. The van der Waals surface area contributed by atoms with Crippen LogP contribution in [0.25, 0.3) is 0 Å². The van der Waals surface area contributed by atoms with E-state index in [1.54, 1.807) is 12.1 Å². The maximum Gasteiger partial charge on any atom is 0.380 e. The molecule has 118 valence electrons. The van der Waals surface area contributed by atoms with Crippen molar-refractivity contribution in [3.8, 4) is 5.75 Å². The quantitative estimate of drug-likeness (QED) is 0.879. The third-order valence-corrected chi connectivity index (χ3v) is 3.83. The zero-order valence-corrected chi connectivity index (χ0v) is 13.3. The van der Waals surface area contributed by atoms with Crippen LogP contribution in [0.15, 0.2) is 24.3 Å². The van der Waals surface area contributed by atoms with Crippen LogP contribution in [-0.2, 0) is 10.3 Å².